The van der Waals surface area contributed by atoms with Gasteiger partial charge in [-0.3, -0.25) is 15.0 Å². The molecule has 0 amide bonds. The summed E-state index contributed by atoms with van der Waals surface area (Å²) in [5.74, 6) is -0.916. The molecule has 0 aliphatic carbocycles. The molecule has 0 saturated carbocycles. The number of carboxylic acids is 1. The first-order chi connectivity index (χ1) is 13.1. The molecule has 1 aromatic carbocycles. The van der Waals surface area contributed by atoms with Gasteiger partial charge in [-0.15, -0.1) is 0 Å². The minimum Gasteiger partial charge on any atom is -0.481 e. The maximum Gasteiger partial charge on any atom is 0.305 e. The highest BCUT2D eigenvalue weighted by Crippen LogP contribution is 2.34. The lowest BCUT2D eigenvalue weighted by Crippen LogP contribution is -2.35. The van der Waals surface area contributed by atoms with Crippen LogP contribution in [0, 0.1) is 0 Å². The van der Waals surface area contributed by atoms with Crippen LogP contribution in [0.5, 0.6) is 0 Å². The first kappa shape index (κ1) is 16.9. The fourth-order valence-electron chi connectivity index (χ4n) is 3.09. The zero-order chi connectivity index (χ0) is 18.8. The highest BCUT2D eigenvalue weighted by atomic mass is 16.5. The van der Waals surface area contributed by atoms with E-state index in [9.17, 15) is 10.0 Å². The summed E-state index contributed by atoms with van der Waals surface area (Å²) < 4.78 is 1.81. The number of nitrogens with zero attached hydrogens (tertiary/aromatic N) is 4. The first-order valence-electron chi connectivity index (χ1n) is 8.53. The van der Waals surface area contributed by atoms with Gasteiger partial charge in [0.15, 0.2) is 0 Å². The number of carbonyl (C=O) groups is 1. The number of aliphatic carboxylic acids is 1. The number of rotatable bonds is 5. The number of fused-ring (bicyclic) bond motifs is 1. The van der Waals surface area contributed by atoms with E-state index in [1.165, 1.54) is 5.01 Å². The molecule has 0 unspecified atom stereocenters. The Bertz CT molecular complexity index is 1040. The van der Waals surface area contributed by atoms with Crippen molar-refractivity contribution < 1.29 is 15.1 Å². The van der Waals surface area contributed by atoms with Gasteiger partial charge < -0.3 is 5.11 Å². The van der Waals surface area contributed by atoms with Crippen LogP contribution in [-0.2, 0) is 4.79 Å². The van der Waals surface area contributed by atoms with Crippen molar-refractivity contribution in [3.8, 4) is 11.3 Å². The number of hydrazine groups is 1. The summed E-state index contributed by atoms with van der Waals surface area (Å²) in [4.78, 5) is 10.8. The maximum atomic E-state index is 10.8. The van der Waals surface area contributed by atoms with E-state index in [1.54, 1.807) is 12.4 Å². The second-order valence-corrected chi connectivity index (χ2v) is 6.15. The van der Waals surface area contributed by atoms with Crippen LogP contribution in [0.3, 0.4) is 0 Å². The number of allylic oxidation sites excluding steroid dienone is 2. The minimum absolute atomic E-state index is 0.0729. The number of hydrogen-bond acceptors (Lipinski definition) is 5. The van der Waals surface area contributed by atoms with Crippen LogP contribution in [0.4, 0.5) is 0 Å². The summed E-state index contributed by atoms with van der Waals surface area (Å²) in [5.41, 5.74) is 4.38. The molecule has 0 fully saturated rings. The summed E-state index contributed by atoms with van der Waals surface area (Å²) in [6.07, 6.45) is 6.90. The molecule has 136 valence electrons. The number of aromatic nitrogens is 2. The first-order valence-corrected chi connectivity index (χ1v) is 8.53. The Morgan fingerprint density at radius 2 is 1.85 bits per heavy atom. The van der Waals surface area contributed by atoms with Crippen molar-refractivity contribution in [1.29, 1.82) is 0 Å². The van der Waals surface area contributed by atoms with Crippen molar-refractivity contribution in [2.24, 2.45) is 0 Å². The number of hydrogen-bond donors (Lipinski definition) is 2. The smallest absolute Gasteiger partial charge is 0.305 e. The Morgan fingerprint density at radius 1 is 1.07 bits per heavy atom. The maximum absolute atomic E-state index is 10.8. The van der Waals surface area contributed by atoms with Crippen LogP contribution in [0.1, 0.15) is 12.0 Å². The van der Waals surface area contributed by atoms with Crippen molar-refractivity contribution >= 4 is 17.1 Å². The zero-order valence-electron chi connectivity index (χ0n) is 14.4. The van der Waals surface area contributed by atoms with Gasteiger partial charge >= 0.3 is 5.97 Å². The fourth-order valence-corrected chi connectivity index (χ4v) is 3.09. The normalized spacial score (nSPS) is 13.9. The third-order valence-electron chi connectivity index (χ3n) is 4.37. The highest BCUT2D eigenvalue weighted by Gasteiger charge is 2.21. The molecule has 4 rings (SSSR count). The Morgan fingerprint density at radius 3 is 2.59 bits per heavy atom. The lowest BCUT2D eigenvalue weighted by atomic mass is 10.00. The van der Waals surface area contributed by atoms with Gasteiger partial charge in [0.25, 0.3) is 0 Å². The molecular formula is C20H18N4O3. The monoisotopic (exact) mass is 362 g/mol. The summed E-state index contributed by atoms with van der Waals surface area (Å²) in [6, 6.07) is 15.7. The van der Waals surface area contributed by atoms with Crippen molar-refractivity contribution in [2.75, 3.05) is 6.54 Å². The van der Waals surface area contributed by atoms with Gasteiger partial charge in [0, 0.05) is 29.1 Å². The molecule has 0 bridgehead atoms. The van der Waals surface area contributed by atoms with E-state index in [2.05, 4.69) is 0 Å². The summed E-state index contributed by atoms with van der Waals surface area (Å²) in [6.45, 7) is 0.173. The Kier molecular flexibility index (Phi) is 4.35. The molecule has 3 aromatic rings. The largest absolute Gasteiger partial charge is 0.481 e. The average Bonchev–Trinajstić information content (AvgIpc) is 3.07. The molecule has 3 heterocycles. The van der Waals surface area contributed by atoms with Crippen LogP contribution in [0.25, 0.3) is 22.3 Å². The Hall–Kier alpha value is -3.58. The van der Waals surface area contributed by atoms with Gasteiger partial charge in [-0.2, -0.15) is 10.3 Å². The molecule has 7 nitrogen and oxygen atoms in total. The molecule has 1 aliphatic heterocycles. The van der Waals surface area contributed by atoms with Crippen molar-refractivity contribution in [3.63, 3.8) is 0 Å². The van der Waals surface area contributed by atoms with E-state index in [0.717, 1.165) is 33.1 Å². The highest BCUT2D eigenvalue weighted by molar-refractivity contribution is 5.92. The van der Waals surface area contributed by atoms with Crippen LogP contribution in [0.15, 0.2) is 73.2 Å². The second kappa shape index (κ2) is 6.97. The van der Waals surface area contributed by atoms with Crippen LogP contribution < -0.4 is 0 Å². The van der Waals surface area contributed by atoms with Gasteiger partial charge in [-0.05, 0) is 18.2 Å². The van der Waals surface area contributed by atoms with E-state index in [4.69, 9.17) is 10.2 Å². The fraction of sp³-hybridized carbons (Fsp3) is 0.100. The number of hydroxylamine groups is 1. The lowest BCUT2D eigenvalue weighted by molar-refractivity contribution is -0.184. The third-order valence-corrected chi connectivity index (χ3v) is 4.37. The molecule has 0 radical (unpaired) electrons. The summed E-state index contributed by atoms with van der Waals surface area (Å²) in [5, 5.41) is 26.2. The van der Waals surface area contributed by atoms with E-state index in [1.807, 2.05) is 65.3 Å². The predicted octanol–water partition coefficient (Wildman–Crippen LogP) is 3.25. The molecule has 1 aliphatic rings. The van der Waals surface area contributed by atoms with Gasteiger partial charge in [0.1, 0.15) is 5.69 Å². The summed E-state index contributed by atoms with van der Waals surface area (Å²) >= 11 is 0. The van der Waals surface area contributed by atoms with Crippen LogP contribution in [-0.4, -0.2) is 42.6 Å². The molecule has 0 atom stereocenters. The van der Waals surface area contributed by atoms with Crippen molar-refractivity contribution in [2.45, 2.75) is 6.42 Å². The minimum atomic E-state index is -0.916. The predicted molar refractivity (Wildman–Crippen MR) is 100 cm³/mol. The Labute approximate surface area is 155 Å². The Balaban J connectivity index is 1.77. The van der Waals surface area contributed by atoms with Gasteiger partial charge in [-0.1, -0.05) is 36.4 Å². The SMILES string of the molecule is O=C(O)CCN1C=CC(c2c(-c3ccccc3)nn3ccccc23)=CN1O. The molecule has 2 N–H and O–H groups in total. The zero-order valence-corrected chi connectivity index (χ0v) is 14.4. The van der Waals surface area contributed by atoms with Crippen LogP contribution in [0.2, 0.25) is 0 Å². The van der Waals surface area contributed by atoms with Gasteiger partial charge in [0.2, 0.25) is 0 Å². The summed E-state index contributed by atoms with van der Waals surface area (Å²) in [7, 11) is 0. The quantitative estimate of drug-likeness (QED) is 0.725. The van der Waals surface area contributed by atoms with Gasteiger partial charge in [-0.25, -0.2) is 4.52 Å². The molecule has 7 heteroatoms. The topological polar surface area (TPSA) is 81.3 Å². The third kappa shape index (κ3) is 3.28. The number of carboxylic acid groups (broad SMARTS) is 1. The van der Waals surface area contributed by atoms with E-state index in [-0.39, 0.29) is 13.0 Å². The van der Waals surface area contributed by atoms with Crippen LogP contribution >= 0.6 is 0 Å². The van der Waals surface area contributed by atoms with E-state index < -0.39 is 5.97 Å². The van der Waals surface area contributed by atoms with E-state index in [0.29, 0.717) is 0 Å². The molecule has 2 aromatic heterocycles. The standard InChI is InChI=1S/C20H18N4O3/c25-18(26)10-13-22-12-9-16(14-24(22)27)19-17-8-4-5-11-23(17)21-20(19)15-6-2-1-3-7-15/h1-9,11-12,14,27H,10,13H2,(H,25,26). The molecule has 0 spiro atoms. The molecule has 0 saturated heterocycles. The number of benzene rings is 1. The average molecular weight is 362 g/mol. The molecule has 27 heavy (non-hydrogen) atoms. The van der Waals surface area contributed by atoms with Crippen molar-refractivity contribution in [1.82, 2.24) is 19.8 Å². The van der Waals surface area contributed by atoms with Gasteiger partial charge in [0.05, 0.1) is 24.7 Å². The number of pyridine rings is 1. The second-order valence-electron chi connectivity index (χ2n) is 6.15. The molecular weight excluding hydrogens is 344 g/mol. The lowest BCUT2D eigenvalue weighted by Gasteiger charge is -2.30. The van der Waals surface area contributed by atoms with E-state index >= 15 is 0 Å². The van der Waals surface area contributed by atoms with Crippen molar-refractivity contribution in [3.05, 3.63) is 78.8 Å².